The monoisotopic (exact) mass is 349 g/mol. The van der Waals surface area contributed by atoms with E-state index >= 15 is 0 Å². The van der Waals surface area contributed by atoms with Crippen molar-refractivity contribution in [1.29, 1.82) is 0 Å². The Morgan fingerprint density at radius 2 is 1.47 bits per heavy atom. The van der Waals surface area contributed by atoms with E-state index in [0.29, 0.717) is 0 Å². The molecule has 0 aliphatic heterocycles. The number of alkyl halides is 6. The first-order valence-corrected chi connectivity index (χ1v) is 5.47. The van der Waals surface area contributed by atoms with Gasteiger partial charge in [0.2, 0.25) is 5.91 Å². The van der Waals surface area contributed by atoms with Crippen molar-refractivity contribution in [3.05, 3.63) is 27.7 Å². The van der Waals surface area contributed by atoms with Crippen LogP contribution < -0.4 is 5.32 Å². The number of hydrogen-bond acceptors (Lipinski definition) is 1. The molecule has 0 atom stereocenters. The molecule has 0 aliphatic rings. The lowest BCUT2D eigenvalue weighted by Gasteiger charge is -2.18. The summed E-state index contributed by atoms with van der Waals surface area (Å²) in [7, 11) is 0. The minimum Gasteiger partial charge on any atom is -0.325 e. The topological polar surface area (TPSA) is 29.1 Å². The van der Waals surface area contributed by atoms with Crippen LogP contribution in [0.25, 0.3) is 0 Å². The van der Waals surface area contributed by atoms with Gasteiger partial charge in [0.05, 0.1) is 16.8 Å². The fourth-order valence-corrected chi connectivity index (χ4v) is 1.77. The Morgan fingerprint density at radius 1 is 1.05 bits per heavy atom. The van der Waals surface area contributed by atoms with Crippen molar-refractivity contribution in [1.82, 2.24) is 0 Å². The number of rotatable bonds is 1. The molecule has 0 saturated carbocycles. The van der Waals surface area contributed by atoms with Crippen molar-refractivity contribution in [3.8, 4) is 0 Å². The molecule has 0 bridgehead atoms. The Bertz CT molecular complexity index is 508. The molecule has 106 valence electrons. The van der Waals surface area contributed by atoms with Gasteiger partial charge in [-0.25, -0.2) is 0 Å². The third-order valence-electron chi connectivity index (χ3n) is 2.03. The SMILES string of the molecule is CC(=O)Nc1cc(C(F)(F)F)c(C(F)(F)F)cc1Br. The molecule has 1 aromatic rings. The van der Waals surface area contributed by atoms with Crippen LogP contribution in [-0.2, 0) is 17.1 Å². The van der Waals surface area contributed by atoms with Gasteiger partial charge in [0.1, 0.15) is 0 Å². The number of carbonyl (C=O) groups excluding carboxylic acids is 1. The van der Waals surface area contributed by atoms with Gasteiger partial charge in [0, 0.05) is 11.4 Å². The predicted molar refractivity (Wildman–Crippen MR) is 58.4 cm³/mol. The van der Waals surface area contributed by atoms with Crippen LogP contribution in [0, 0.1) is 0 Å². The molecular weight excluding hydrogens is 344 g/mol. The molecule has 0 fully saturated rings. The number of nitrogens with one attached hydrogen (secondary N) is 1. The lowest BCUT2D eigenvalue weighted by molar-refractivity contribution is -0.162. The van der Waals surface area contributed by atoms with E-state index in [0.717, 1.165) is 6.92 Å². The maximum atomic E-state index is 12.6. The van der Waals surface area contributed by atoms with E-state index in [1.165, 1.54) is 0 Å². The van der Waals surface area contributed by atoms with E-state index in [4.69, 9.17) is 0 Å². The molecule has 0 unspecified atom stereocenters. The van der Waals surface area contributed by atoms with Crippen molar-refractivity contribution in [2.45, 2.75) is 19.3 Å². The average molecular weight is 350 g/mol. The summed E-state index contributed by atoms with van der Waals surface area (Å²) in [4.78, 5) is 10.8. The van der Waals surface area contributed by atoms with Gasteiger partial charge >= 0.3 is 12.4 Å². The van der Waals surface area contributed by atoms with Crippen LogP contribution in [-0.4, -0.2) is 5.91 Å². The van der Waals surface area contributed by atoms with Gasteiger partial charge in [-0.2, -0.15) is 26.3 Å². The van der Waals surface area contributed by atoms with Crippen molar-refractivity contribution in [3.63, 3.8) is 0 Å². The van der Waals surface area contributed by atoms with E-state index in [-0.39, 0.29) is 22.3 Å². The van der Waals surface area contributed by atoms with Gasteiger partial charge in [-0.1, -0.05) is 0 Å². The Labute approximate surface area is 111 Å². The molecule has 19 heavy (non-hydrogen) atoms. The highest BCUT2D eigenvalue weighted by Gasteiger charge is 2.43. The smallest absolute Gasteiger partial charge is 0.325 e. The molecule has 0 saturated heterocycles. The normalized spacial score (nSPS) is 12.4. The molecule has 0 radical (unpaired) electrons. The van der Waals surface area contributed by atoms with Gasteiger partial charge in [-0.3, -0.25) is 4.79 Å². The Morgan fingerprint density at radius 3 is 1.84 bits per heavy atom. The van der Waals surface area contributed by atoms with Gasteiger partial charge in [0.25, 0.3) is 0 Å². The Balaban J connectivity index is 3.51. The number of carbonyl (C=O) groups is 1. The summed E-state index contributed by atoms with van der Waals surface area (Å²) in [6, 6.07) is 0.530. The zero-order valence-corrected chi connectivity index (χ0v) is 10.8. The van der Waals surface area contributed by atoms with Crippen LogP contribution in [0.2, 0.25) is 0 Å². The number of amides is 1. The third-order valence-corrected chi connectivity index (χ3v) is 2.68. The third kappa shape index (κ3) is 3.85. The molecular formula is C10H6BrF6NO. The van der Waals surface area contributed by atoms with Gasteiger partial charge in [-0.15, -0.1) is 0 Å². The molecule has 1 rings (SSSR count). The summed E-state index contributed by atoms with van der Waals surface area (Å²) >= 11 is 2.69. The van der Waals surface area contributed by atoms with Crippen LogP contribution in [0.5, 0.6) is 0 Å². The molecule has 1 N–H and O–H groups in total. The van der Waals surface area contributed by atoms with E-state index in [2.05, 4.69) is 15.9 Å². The first kappa shape index (κ1) is 15.8. The molecule has 1 amide bonds. The van der Waals surface area contributed by atoms with Crippen molar-refractivity contribution >= 4 is 27.5 Å². The Kier molecular flexibility index (Phi) is 4.18. The van der Waals surface area contributed by atoms with E-state index < -0.39 is 29.4 Å². The molecule has 9 heteroatoms. The van der Waals surface area contributed by atoms with E-state index in [9.17, 15) is 31.1 Å². The summed E-state index contributed by atoms with van der Waals surface area (Å²) in [6.45, 7) is 1.03. The standard InChI is InChI=1S/C10H6BrF6NO/c1-4(19)18-8-3-6(10(15,16)17)5(2-7(8)11)9(12,13)14/h2-3H,1H3,(H,18,19). The summed E-state index contributed by atoms with van der Waals surface area (Å²) in [5, 5.41) is 2.01. The highest BCUT2D eigenvalue weighted by atomic mass is 79.9. The highest BCUT2D eigenvalue weighted by molar-refractivity contribution is 9.10. The van der Waals surface area contributed by atoms with Gasteiger partial charge < -0.3 is 5.32 Å². The van der Waals surface area contributed by atoms with E-state index in [1.807, 2.05) is 5.32 Å². The van der Waals surface area contributed by atoms with E-state index in [1.54, 1.807) is 0 Å². The van der Waals surface area contributed by atoms with Gasteiger partial charge in [-0.05, 0) is 28.1 Å². The first-order chi connectivity index (χ1) is 8.43. The summed E-state index contributed by atoms with van der Waals surface area (Å²) in [6.07, 6.45) is -10.3. The van der Waals surface area contributed by atoms with Gasteiger partial charge in [0.15, 0.2) is 0 Å². The van der Waals surface area contributed by atoms with Crippen molar-refractivity contribution in [2.24, 2.45) is 0 Å². The molecule has 0 spiro atoms. The predicted octanol–water partition coefficient (Wildman–Crippen LogP) is 4.45. The maximum absolute atomic E-state index is 12.6. The molecule has 0 heterocycles. The number of anilines is 1. The molecule has 0 aromatic heterocycles. The van der Waals surface area contributed by atoms with Crippen LogP contribution in [0.3, 0.4) is 0 Å². The second-order valence-corrected chi connectivity index (χ2v) is 4.41. The Hall–Kier alpha value is -1.25. The summed E-state index contributed by atoms with van der Waals surface area (Å²) < 4.78 is 75.1. The lowest BCUT2D eigenvalue weighted by Crippen LogP contribution is -2.18. The second-order valence-electron chi connectivity index (χ2n) is 3.55. The first-order valence-electron chi connectivity index (χ1n) is 4.68. The zero-order valence-electron chi connectivity index (χ0n) is 9.21. The number of hydrogen-bond donors (Lipinski definition) is 1. The average Bonchev–Trinajstić information content (AvgIpc) is 2.16. The minimum atomic E-state index is -5.18. The van der Waals surface area contributed by atoms with Crippen LogP contribution in [0.1, 0.15) is 18.1 Å². The fourth-order valence-electron chi connectivity index (χ4n) is 1.33. The minimum absolute atomic E-state index is 0.244. The summed E-state index contributed by atoms with van der Waals surface area (Å²) in [5.41, 5.74) is -4.05. The van der Waals surface area contributed by atoms with Crippen molar-refractivity contribution in [2.75, 3.05) is 5.32 Å². The zero-order chi connectivity index (χ0) is 15.0. The quantitative estimate of drug-likeness (QED) is 0.746. The number of benzene rings is 1. The lowest BCUT2D eigenvalue weighted by atomic mass is 10.1. The molecule has 2 nitrogen and oxygen atoms in total. The largest absolute Gasteiger partial charge is 0.417 e. The maximum Gasteiger partial charge on any atom is 0.417 e. The fraction of sp³-hybridized carbons (Fsp3) is 0.300. The highest BCUT2D eigenvalue weighted by Crippen LogP contribution is 2.43. The molecule has 0 aliphatic carbocycles. The summed E-state index contributed by atoms with van der Waals surface area (Å²) in [5.74, 6) is -0.700. The number of halogens is 7. The molecule has 1 aromatic carbocycles. The van der Waals surface area contributed by atoms with Crippen LogP contribution in [0.15, 0.2) is 16.6 Å². The second kappa shape index (κ2) is 5.03. The van der Waals surface area contributed by atoms with Crippen LogP contribution in [0.4, 0.5) is 32.0 Å². The van der Waals surface area contributed by atoms with Crippen molar-refractivity contribution < 1.29 is 31.1 Å². The van der Waals surface area contributed by atoms with Crippen LogP contribution >= 0.6 is 15.9 Å².